The average molecular weight is 381 g/mol. The van der Waals surface area contributed by atoms with Gasteiger partial charge in [-0.05, 0) is 17.7 Å². The van der Waals surface area contributed by atoms with Crippen LogP contribution in [0.1, 0.15) is 24.9 Å². The summed E-state index contributed by atoms with van der Waals surface area (Å²) in [5, 5.41) is 5.40. The van der Waals surface area contributed by atoms with Gasteiger partial charge in [-0.2, -0.15) is 0 Å². The Bertz CT molecular complexity index is 869. The van der Waals surface area contributed by atoms with Crippen LogP contribution in [-0.4, -0.2) is 37.4 Å². The van der Waals surface area contributed by atoms with Crippen LogP contribution in [0.2, 0.25) is 0 Å². The number of nitrogens with one attached hydrogen (secondary N) is 2. The second-order valence-corrected chi connectivity index (χ2v) is 6.56. The van der Waals surface area contributed by atoms with Crippen molar-refractivity contribution < 1.29 is 19.1 Å². The number of likely N-dealkylation sites (N-methyl/N-ethyl adjacent to an activating group) is 1. The predicted octanol–water partition coefficient (Wildman–Crippen LogP) is 1.79. The Labute approximate surface area is 163 Å². The highest BCUT2D eigenvalue weighted by Gasteiger charge is 2.34. The number of nitrogens with zero attached hydrogens (tertiary/aromatic N) is 1. The first-order valence-corrected chi connectivity index (χ1v) is 9.09. The lowest BCUT2D eigenvalue weighted by Gasteiger charge is -2.34. The largest absolute Gasteiger partial charge is 0.477 e. The standard InChI is InChI=1S/C21H23N3O4/c1-14(25)23-16(15-8-4-3-5-9-15)12-20(26)24-13-19(21(27)22-2)28-18-11-7-6-10-17(18)24/h3-11,16,19H,12-13H2,1-2H3,(H,22,27)(H,23,25)/t16-,19+/m1/s1. The van der Waals surface area contributed by atoms with E-state index in [1.165, 1.54) is 14.0 Å². The summed E-state index contributed by atoms with van der Waals surface area (Å²) >= 11 is 0. The van der Waals surface area contributed by atoms with E-state index in [0.29, 0.717) is 11.4 Å². The fourth-order valence-corrected chi connectivity index (χ4v) is 3.24. The summed E-state index contributed by atoms with van der Waals surface area (Å²) in [6.45, 7) is 1.53. The minimum Gasteiger partial charge on any atom is -0.477 e. The topological polar surface area (TPSA) is 87.7 Å². The van der Waals surface area contributed by atoms with Gasteiger partial charge in [0, 0.05) is 14.0 Å². The summed E-state index contributed by atoms with van der Waals surface area (Å²) in [5.74, 6) is -0.236. The zero-order valence-electron chi connectivity index (χ0n) is 15.8. The maximum atomic E-state index is 13.2. The molecule has 1 aliphatic rings. The smallest absolute Gasteiger partial charge is 0.262 e. The monoisotopic (exact) mass is 381 g/mol. The summed E-state index contributed by atoms with van der Waals surface area (Å²) in [6, 6.07) is 16.0. The van der Waals surface area contributed by atoms with Crippen LogP contribution in [0.3, 0.4) is 0 Å². The molecule has 7 heteroatoms. The SMILES string of the molecule is CNC(=O)[C@@H]1CN(C(=O)C[C@@H](NC(C)=O)c2ccccc2)c2ccccc2O1. The van der Waals surface area contributed by atoms with Gasteiger partial charge in [0.05, 0.1) is 24.7 Å². The van der Waals surface area contributed by atoms with Crippen LogP contribution in [0.5, 0.6) is 5.75 Å². The number of benzene rings is 2. The molecule has 0 saturated carbocycles. The molecule has 0 spiro atoms. The van der Waals surface area contributed by atoms with Gasteiger partial charge in [0.25, 0.3) is 5.91 Å². The Morgan fingerprint density at radius 2 is 1.79 bits per heavy atom. The van der Waals surface area contributed by atoms with Gasteiger partial charge >= 0.3 is 0 Å². The molecule has 2 aromatic carbocycles. The summed E-state index contributed by atoms with van der Waals surface area (Å²) in [4.78, 5) is 38.5. The third-order valence-electron chi connectivity index (χ3n) is 4.57. The molecule has 2 atom stereocenters. The number of amides is 3. The highest BCUT2D eigenvalue weighted by molar-refractivity contribution is 5.97. The molecule has 0 saturated heterocycles. The number of anilines is 1. The van der Waals surface area contributed by atoms with Crippen molar-refractivity contribution in [1.82, 2.24) is 10.6 Å². The normalized spacial score (nSPS) is 16.4. The molecule has 3 amide bonds. The molecule has 0 bridgehead atoms. The Kier molecular flexibility index (Phi) is 5.93. The van der Waals surface area contributed by atoms with E-state index in [4.69, 9.17) is 4.74 Å². The van der Waals surface area contributed by atoms with Crippen molar-refractivity contribution in [3.63, 3.8) is 0 Å². The Balaban J connectivity index is 1.86. The Morgan fingerprint density at radius 1 is 1.11 bits per heavy atom. The summed E-state index contributed by atoms with van der Waals surface area (Å²) in [6.07, 6.45) is -0.724. The van der Waals surface area contributed by atoms with Gasteiger partial charge in [-0.3, -0.25) is 14.4 Å². The minimum atomic E-state index is -0.792. The van der Waals surface area contributed by atoms with Crippen LogP contribution in [0.25, 0.3) is 0 Å². The molecule has 1 heterocycles. The number of rotatable bonds is 5. The Morgan fingerprint density at radius 3 is 2.46 bits per heavy atom. The van der Waals surface area contributed by atoms with Crippen molar-refractivity contribution >= 4 is 23.4 Å². The molecule has 2 N–H and O–H groups in total. The number of carbonyl (C=O) groups is 3. The number of hydrogen-bond acceptors (Lipinski definition) is 4. The molecule has 2 aromatic rings. The Hall–Kier alpha value is -3.35. The van der Waals surface area contributed by atoms with Gasteiger partial charge in [-0.25, -0.2) is 0 Å². The second kappa shape index (κ2) is 8.56. The molecule has 7 nitrogen and oxygen atoms in total. The fraction of sp³-hybridized carbons (Fsp3) is 0.286. The molecule has 0 unspecified atom stereocenters. The van der Waals surface area contributed by atoms with E-state index in [9.17, 15) is 14.4 Å². The predicted molar refractivity (Wildman–Crippen MR) is 105 cm³/mol. The number of hydrogen-bond donors (Lipinski definition) is 2. The second-order valence-electron chi connectivity index (χ2n) is 6.56. The molecule has 3 rings (SSSR count). The van der Waals surface area contributed by atoms with Crippen molar-refractivity contribution in [2.24, 2.45) is 0 Å². The van der Waals surface area contributed by atoms with Crippen LogP contribution in [0.15, 0.2) is 54.6 Å². The van der Waals surface area contributed by atoms with Crippen molar-refractivity contribution in [1.29, 1.82) is 0 Å². The molecule has 146 valence electrons. The van der Waals surface area contributed by atoms with Crippen LogP contribution >= 0.6 is 0 Å². The highest BCUT2D eigenvalue weighted by atomic mass is 16.5. The van der Waals surface area contributed by atoms with E-state index in [1.54, 1.807) is 23.1 Å². The average Bonchev–Trinajstić information content (AvgIpc) is 2.72. The minimum absolute atomic E-state index is 0.0678. The number of para-hydroxylation sites is 2. The summed E-state index contributed by atoms with van der Waals surface area (Å²) < 4.78 is 5.74. The van der Waals surface area contributed by atoms with Gasteiger partial charge in [0.1, 0.15) is 5.75 Å². The third-order valence-corrected chi connectivity index (χ3v) is 4.57. The van der Waals surface area contributed by atoms with Gasteiger partial charge in [-0.1, -0.05) is 42.5 Å². The molecule has 0 radical (unpaired) electrons. The maximum Gasteiger partial charge on any atom is 0.262 e. The maximum absolute atomic E-state index is 13.2. The van der Waals surface area contributed by atoms with E-state index in [1.807, 2.05) is 36.4 Å². The molecule has 0 aromatic heterocycles. The van der Waals surface area contributed by atoms with Crippen molar-refractivity contribution in [2.75, 3.05) is 18.5 Å². The first-order chi connectivity index (χ1) is 13.5. The molecule has 28 heavy (non-hydrogen) atoms. The first kappa shape index (κ1) is 19.4. The number of carbonyl (C=O) groups excluding carboxylic acids is 3. The number of ether oxygens (including phenoxy) is 1. The molecular weight excluding hydrogens is 358 g/mol. The summed E-state index contributed by atoms with van der Waals surface area (Å²) in [7, 11) is 1.53. The van der Waals surface area contributed by atoms with Crippen molar-refractivity contribution in [3.05, 3.63) is 60.2 Å². The molecule has 0 fully saturated rings. The van der Waals surface area contributed by atoms with Gasteiger partial charge in [-0.15, -0.1) is 0 Å². The van der Waals surface area contributed by atoms with E-state index in [2.05, 4.69) is 10.6 Å². The van der Waals surface area contributed by atoms with E-state index in [0.717, 1.165) is 5.56 Å². The van der Waals surface area contributed by atoms with Crippen LogP contribution < -0.4 is 20.3 Å². The zero-order chi connectivity index (χ0) is 20.1. The molecule has 0 aliphatic carbocycles. The quantitative estimate of drug-likeness (QED) is 0.827. The van der Waals surface area contributed by atoms with Crippen molar-refractivity contribution in [2.45, 2.75) is 25.5 Å². The van der Waals surface area contributed by atoms with Gasteiger partial charge in [0.15, 0.2) is 6.10 Å². The lowest BCUT2D eigenvalue weighted by atomic mass is 10.0. The number of fused-ring (bicyclic) bond motifs is 1. The lowest BCUT2D eigenvalue weighted by molar-refractivity contribution is -0.128. The van der Waals surface area contributed by atoms with Crippen LogP contribution in [-0.2, 0) is 14.4 Å². The molecule has 1 aliphatic heterocycles. The van der Waals surface area contributed by atoms with E-state index >= 15 is 0 Å². The zero-order valence-corrected chi connectivity index (χ0v) is 15.8. The first-order valence-electron chi connectivity index (χ1n) is 9.09. The third kappa shape index (κ3) is 4.31. The van der Waals surface area contributed by atoms with Crippen LogP contribution in [0.4, 0.5) is 5.69 Å². The summed E-state index contributed by atoms with van der Waals surface area (Å²) in [5.41, 5.74) is 1.46. The van der Waals surface area contributed by atoms with Gasteiger partial charge < -0.3 is 20.3 Å². The van der Waals surface area contributed by atoms with Crippen molar-refractivity contribution in [3.8, 4) is 5.75 Å². The lowest BCUT2D eigenvalue weighted by Crippen LogP contribution is -2.50. The van der Waals surface area contributed by atoms with Crippen LogP contribution in [0, 0.1) is 0 Å². The van der Waals surface area contributed by atoms with E-state index < -0.39 is 12.1 Å². The van der Waals surface area contributed by atoms with E-state index in [-0.39, 0.29) is 30.7 Å². The van der Waals surface area contributed by atoms with Gasteiger partial charge in [0.2, 0.25) is 11.8 Å². The fourth-order valence-electron chi connectivity index (χ4n) is 3.24. The highest BCUT2D eigenvalue weighted by Crippen LogP contribution is 2.34. The molecular formula is C21H23N3O4.